The smallest absolute Gasteiger partial charge is 0.336 e. The lowest BCUT2D eigenvalue weighted by Gasteiger charge is -2.21. The maximum Gasteiger partial charge on any atom is 0.336 e. The molecule has 1 saturated heterocycles. The summed E-state index contributed by atoms with van der Waals surface area (Å²) in [6.07, 6.45) is 3.24. The number of benzene rings is 1. The van der Waals surface area contributed by atoms with E-state index in [9.17, 15) is 19.2 Å². The lowest BCUT2D eigenvalue weighted by molar-refractivity contribution is -0.159. The predicted octanol–water partition coefficient (Wildman–Crippen LogP) is 3.02. The van der Waals surface area contributed by atoms with Crippen LogP contribution in [0.15, 0.2) is 27.4 Å². The van der Waals surface area contributed by atoms with E-state index >= 15 is 0 Å². The van der Waals surface area contributed by atoms with Gasteiger partial charge >= 0.3 is 11.6 Å². The van der Waals surface area contributed by atoms with Crippen LogP contribution in [-0.4, -0.2) is 28.7 Å². The fraction of sp³-hybridized carbons (Fsp3) is 0.478. The first-order valence-electron chi connectivity index (χ1n) is 10.4. The average molecular weight is 411 g/mol. The Kier molecular flexibility index (Phi) is 5.22. The molecule has 0 bridgehead atoms. The second-order valence-corrected chi connectivity index (χ2v) is 8.30. The number of hydrogen-bond acceptors (Lipinski definition) is 6. The van der Waals surface area contributed by atoms with E-state index in [1.165, 1.54) is 13.0 Å². The van der Waals surface area contributed by atoms with Crippen LogP contribution in [-0.2, 0) is 25.7 Å². The number of aryl methyl sites for hydroxylation is 2. The van der Waals surface area contributed by atoms with Gasteiger partial charge in [0, 0.05) is 17.0 Å². The molecule has 158 valence electrons. The van der Waals surface area contributed by atoms with Gasteiger partial charge in [-0.05, 0) is 44.7 Å². The third-order valence-electron chi connectivity index (χ3n) is 6.49. The van der Waals surface area contributed by atoms with Crippen molar-refractivity contribution < 1.29 is 23.5 Å². The summed E-state index contributed by atoms with van der Waals surface area (Å²) in [6, 6.07) is 4.04. The van der Waals surface area contributed by atoms with E-state index in [2.05, 4.69) is 0 Å². The molecule has 1 aromatic heterocycles. The largest absolute Gasteiger partial charge is 0.459 e. The van der Waals surface area contributed by atoms with Gasteiger partial charge in [-0.25, -0.2) is 9.59 Å². The molecule has 4 rings (SSSR count). The summed E-state index contributed by atoms with van der Waals surface area (Å²) in [4.78, 5) is 51.1. The molecule has 1 saturated carbocycles. The minimum absolute atomic E-state index is 0.142. The minimum Gasteiger partial charge on any atom is -0.459 e. The van der Waals surface area contributed by atoms with Crippen LogP contribution in [0.2, 0.25) is 0 Å². The Labute approximate surface area is 174 Å². The molecule has 1 aliphatic carbocycles. The highest BCUT2D eigenvalue weighted by Gasteiger charge is 2.51. The van der Waals surface area contributed by atoms with Crippen LogP contribution in [0.4, 0.5) is 0 Å². The van der Waals surface area contributed by atoms with Crippen LogP contribution in [0.25, 0.3) is 11.0 Å². The average Bonchev–Trinajstić information content (AvgIpc) is 2.99. The molecule has 1 aromatic carbocycles. The molecule has 0 N–H and O–H groups in total. The second kappa shape index (κ2) is 7.70. The van der Waals surface area contributed by atoms with Gasteiger partial charge in [-0.3, -0.25) is 14.5 Å². The van der Waals surface area contributed by atoms with Gasteiger partial charge in [-0.15, -0.1) is 0 Å². The van der Waals surface area contributed by atoms with Crippen LogP contribution in [0.1, 0.15) is 49.3 Å². The molecule has 7 heteroatoms. The first kappa shape index (κ1) is 20.3. The lowest BCUT2D eigenvalue weighted by atomic mass is 9.81. The van der Waals surface area contributed by atoms with Crippen molar-refractivity contribution >= 4 is 28.8 Å². The number of ether oxygens (including phenoxy) is 1. The van der Waals surface area contributed by atoms with Crippen LogP contribution >= 0.6 is 0 Å². The van der Waals surface area contributed by atoms with Crippen molar-refractivity contribution in [3.05, 3.63) is 45.3 Å². The van der Waals surface area contributed by atoms with E-state index in [4.69, 9.17) is 9.15 Å². The monoisotopic (exact) mass is 411 g/mol. The highest BCUT2D eigenvalue weighted by atomic mass is 16.5. The zero-order valence-electron chi connectivity index (χ0n) is 17.4. The first-order valence-corrected chi connectivity index (χ1v) is 10.4. The summed E-state index contributed by atoms with van der Waals surface area (Å²) in [5.74, 6) is -1.83. The fourth-order valence-electron chi connectivity index (χ4n) is 4.59. The molecule has 7 nitrogen and oxygen atoms in total. The van der Waals surface area contributed by atoms with Crippen molar-refractivity contribution in [1.29, 1.82) is 0 Å². The van der Waals surface area contributed by atoms with Crippen LogP contribution in [0.3, 0.4) is 0 Å². The van der Waals surface area contributed by atoms with Gasteiger partial charge in [0.25, 0.3) is 0 Å². The summed E-state index contributed by atoms with van der Waals surface area (Å²) in [7, 11) is 0. The molecule has 1 aliphatic heterocycles. The molecule has 2 aromatic rings. The molecule has 2 aliphatic rings. The lowest BCUT2D eigenvalue weighted by Crippen LogP contribution is -2.44. The molecule has 30 heavy (non-hydrogen) atoms. The Morgan fingerprint density at radius 1 is 1.13 bits per heavy atom. The SMILES string of the molecule is Cc1ccc2c(COC(=O)[C@H](C)N3C(=O)[C@@H]4CCCC[C@H]4C3=O)cc(=O)oc2c1C. The summed E-state index contributed by atoms with van der Waals surface area (Å²) in [5.41, 5.74) is 2.31. The molecule has 0 radical (unpaired) electrons. The van der Waals surface area contributed by atoms with E-state index < -0.39 is 17.6 Å². The highest BCUT2D eigenvalue weighted by molar-refractivity contribution is 6.07. The topological polar surface area (TPSA) is 93.9 Å². The number of rotatable bonds is 4. The molecule has 0 spiro atoms. The summed E-state index contributed by atoms with van der Waals surface area (Å²) in [6.45, 7) is 5.16. The van der Waals surface area contributed by atoms with E-state index in [0.29, 0.717) is 29.4 Å². The van der Waals surface area contributed by atoms with Gasteiger partial charge in [0.2, 0.25) is 11.8 Å². The minimum atomic E-state index is -0.994. The fourth-order valence-corrected chi connectivity index (χ4v) is 4.59. The zero-order chi connectivity index (χ0) is 21.6. The van der Waals surface area contributed by atoms with Crippen molar-refractivity contribution in [2.75, 3.05) is 0 Å². The van der Waals surface area contributed by atoms with E-state index in [-0.39, 0.29) is 30.3 Å². The summed E-state index contributed by atoms with van der Waals surface area (Å²) < 4.78 is 10.8. The highest BCUT2D eigenvalue weighted by Crippen LogP contribution is 2.39. The molecule has 2 amide bonds. The van der Waals surface area contributed by atoms with Crippen molar-refractivity contribution in [3.8, 4) is 0 Å². The Hall–Kier alpha value is -2.96. The quantitative estimate of drug-likeness (QED) is 0.436. The maximum atomic E-state index is 12.7. The van der Waals surface area contributed by atoms with Gasteiger partial charge < -0.3 is 9.15 Å². The van der Waals surface area contributed by atoms with Crippen molar-refractivity contribution in [2.45, 2.75) is 59.1 Å². The number of carbonyl (C=O) groups excluding carboxylic acids is 3. The Bertz CT molecular complexity index is 1080. The molecular formula is C23H25NO6. The van der Waals surface area contributed by atoms with Crippen LogP contribution < -0.4 is 5.63 Å². The van der Waals surface area contributed by atoms with Crippen molar-refractivity contribution in [3.63, 3.8) is 0 Å². The molecule has 2 fully saturated rings. The third kappa shape index (κ3) is 3.32. The second-order valence-electron chi connectivity index (χ2n) is 8.30. The van der Waals surface area contributed by atoms with Crippen molar-refractivity contribution in [1.82, 2.24) is 4.90 Å². The van der Waals surface area contributed by atoms with Gasteiger partial charge in [-0.1, -0.05) is 25.0 Å². The number of nitrogens with zero attached hydrogens (tertiary/aromatic N) is 1. The van der Waals surface area contributed by atoms with Gasteiger partial charge in [-0.2, -0.15) is 0 Å². The summed E-state index contributed by atoms with van der Waals surface area (Å²) in [5, 5.41) is 0.692. The number of esters is 1. The normalized spacial score (nSPS) is 22.3. The number of hydrogen-bond donors (Lipinski definition) is 0. The number of likely N-dealkylation sites (tertiary alicyclic amines) is 1. The molecule has 2 heterocycles. The number of amides is 2. The summed E-state index contributed by atoms with van der Waals surface area (Å²) >= 11 is 0. The van der Waals surface area contributed by atoms with Gasteiger partial charge in [0.05, 0.1) is 11.8 Å². The standard InChI is InChI=1S/C23H25NO6/c1-12-8-9-16-15(10-19(25)30-20(16)13(12)2)11-29-23(28)14(3)24-21(26)17-6-4-5-7-18(17)22(24)27/h8-10,14,17-18H,4-7,11H2,1-3H3/t14-,17+,18+/m0/s1. The predicted molar refractivity (Wildman–Crippen MR) is 109 cm³/mol. The van der Waals surface area contributed by atoms with Crippen LogP contribution in [0, 0.1) is 25.7 Å². The maximum absolute atomic E-state index is 12.7. The van der Waals surface area contributed by atoms with Crippen molar-refractivity contribution in [2.24, 2.45) is 11.8 Å². The molecule has 0 unspecified atom stereocenters. The Morgan fingerprint density at radius 3 is 2.40 bits per heavy atom. The van der Waals surface area contributed by atoms with E-state index in [1.807, 2.05) is 26.0 Å². The van der Waals surface area contributed by atoms with Gasteiger partial charge in [0.1, 0.15) is 18.2 Å². The van der Waals surface area contributed by atoms with E-state index in [0.717, 1.165) is 28.9 Å². The zero-order valence-corrected chi connectivity index (χ0v) is 17.4. The third-order valence-corrected chi connectivity index (χ3v) is 6.49. The Balaban J connectivity index is 1.53. The molecule has 3 atom stereocenters. The number of imide groups is 1. The van der Waals surface area contributed by atoms with Gasteiger partial charge in [0.15, 0.2) is 0 Å². The van der Waals surface area contributed by atoms with Crippen LogP contribution in [0.5, 0.6) is 0 Å². The first-order chi connectivity index (χ1) is 14.3. The number of carbonyl (C=O) groups is 3. The molecular weight excluding hydrogens is 386 g/mol. The van der Waals surface area contributed by atoms with E-state index in [1.54, 1.807) is 0 Å². The number of fused-ring (bicyclic) bond motifs is 2. The Morgan fingerprint density at radius 2 is 1.77 bits per heavy atom.